The second-order valence-corrected chi connectivity index (χ2v) is 15.8. The monoisotopic (exact) mass is 793 g/mol. The lowest BCUT2D eigenvalue weighted by Gasteiger charge is -2.26. The molecular weight excluding hydrogens is 755 g/mol. The number of fused-ring (bicyclic) bond motifs is 8. The van der Waals surface area contributed by atoms with Crippen molar-refractivity contribution in [2.45, 2.75) is 0 Å². The summed E-state index contributed by atoms with van der Waals surface area (Å²) in [4.78, 5) is 4.64. The lowest BCUT2D eigenvalue weighted by Crippen LogP contribution is -2.10. The number of hydrogen-bond acceptors (Lipinski definition) is 3. The van der Waals surface area contributed by atoms with Gasteiger partial charge in [0, 0.05) is 72.8 Å². The van der Waals surface area contributed by atoms with Gasteiger partial charge in [-0.3, -0.25) is 0 Å². The molecule has 4 nitrogen and oxygen atoms in total. The van der Waals surface area contributed by atoms with Crippen LogP contribution in [0.1, 0.15) is 0 Å². The Labute approximate surface area is 359 Å². The van der Waals surface area contributed by atoms with Crippen LogP contribution in [0, 0.1) is 0 Å². The molecule has 0 radical (unpaired) electrons. The topological polar surface area (TPSA) is 24.6 Å². The third-order valence-corrected chi connectivity index (χ3v) is 12.1. The van der Waals surface area contributed by atoms with Crippen LogP contribution in [-0.2, 0) is 0 Å². The van der Waals surface area contributed by atoms with Crippen LogP contribution in [-0.4, -0.2) is 4.57 Å². The Bertz CT molecular complexity index is 3560. The minimum atomic E-state index is 0.873. The third-order valence-electron chi connectivity index (χ3n) is 12.1. The van der Waals surface area contributed by atoms with E-state index in [0.29, 0.717) is 0 Å². The fourth-order valence-corrected chi connectivity index (χ4v) is 9.26. The molecule has 62 heavy (non-hydrogen) atoms. The van der Waals surface area contributed by atoms with E-state index in [1.54, 1.807) is 0 Å². The lowest BCUT2D eigenvalue weighted by molar-refractivity contribution is 0.669. The molecule has 0 unspecified atom stereocenters. The second kappa shape index (κ2) is 14.7. The van der Waals surface area contributed by atoms with Crippen molar-refractivity contribution in [1.82, 2.24) is 4.57 Å². The number of anilines is 6. The van der Waals surface area contributed by atoms with Crippen molar-refractivity contribution in [3.05, 3.63) is 237 Å². The molecule has 0 fully saturated rings. The predicted molar refractivity (Wildman–Crippen MR) is 260 cm³/mol. The van der Waals surface area contributed by atoms with Gasteiger partial charge in [-0.05, 0) is 114 Å². The van der Waals surface area contributed by atoms with E-state index in [-0.39, 0.29) is 0 Å². The van der Waals surface area contributed by atoms with E-state index in [1.807, 2.05) is 12.1 Å². The summed E-state index contributed by atoms with van der Waals surface area (Å²) in [5.41, 5.74) is 14.1. The number of hydrogen-bond donors (Lipinski definition) is 0. The van der Waals surface area contributed by atoms with Gasteiger partial charge >= 0.3 is 0 Å². The molecule has 10 aromatic carbocycles. The van der Waals surface area contributed by atoms with E-state index in [9.17, 15) is 0 Å². The molecule has 12 rings (SSSR count). The van der Waals surface area contributed by atoms with Gasteiger partial charge in [0.2, 0.25) is 0 Å². The summed E-state index contributed by atoms with van der Waals surface area (Å²) in [7, 11) is 0. The van der Waals surface area contributed by atoms with Gasteiger partial charge in [0.15, 0.2) is 0 Å². The largest absolute Gasteiger partial charge is 0.456 e. The average molecular weight is 794 g/mol. The summed E-state index contributed by atoms with van der Waals surface area (Å²) in [6.45, 7) is 0. The highest BCUT2D eigenvalue weighted by Gasteiger charge is 2.20. The number of benzene rings is 10. The first-order valence-corrected chi connectivity index (χ1v) is 21.1. The zero-order chi connectivity index (χ0) is 41.0. The smallest absolute Gasteiger partial charge is 0.137 e. The van der Waals surface area contributed by atoms with Crippen molar-refractivity contribution in [3.8, 4) is 16.8 Å². The molecule has 0 aliphatic heterocycles. The highest BCUT2D eigenvalue weighted by molar-refractivity contribution is 6.19. The number of aromatic nitrogens is 1. The van der Waals surface area contributed by atoms with E-state index in [2.05, 4.69) is 239 Å². The van der Waals surface area contributed by atoms with Gasteiger partial charge in [-0.25, -0.2) is 0 Å². The van der Waals surface area contributed by atoms with Crippen molar-refractivity contribution in [1.29, 1.82) is 0 Å². The summed E-state index contributed by atoms with van der Waals surface area (Å²) in [6, 6.07) is 84.5. The average Bonchev–Trinajstić information content (AvgIpc) is 3.89. The zero-order valence-corrected chi connectivity index (χ0v) is 33.8. The fourth-order valence-electron chi connectivity index (χ4n) is 9.26. The zero-order valence-electron chi connectivity index (χ0n) is 33.8. The minimum absolute atomic E-state index is 0.873. The molecule has 292 valence electrons. The number of nitrogens with zero attached hydrogens (tertiary/aromatic N) is 3. The van der Waals surface area contributed by atoms with Crippen LogP contribution in [0.2, 0.25) is 0 Å². The summed E-state index contributed by atoms with van der Waals surface area (Å²) in [5, 5.41) is 7.17. The van der Waals surface area contributed by atoms with Gasteiger partial charge in [-0.2, -0.15) is 0 Å². The SMILES string of the molecule is c1ccc(N(c2ccc(-c3ccc(N(c4ccccc4)c4ccc5c(c4)c4ccc6ccccc6c4n5-c4ccccc4)cc3)cc2)c2ccc3c(c2)oc2ccccc23)cc1. The Morgan fingerprint density at radius 2 is 0.790 bits per heavy atom. The Hall–Kier alpha value is -8.34. The van der Waals surface area contributed by atoms with Crippen LogP contribution >= 0.6 is 0 Å². The number of rotatable bonds is 8. The van der Waals surface area contributed by atoms with Crippen molar-refractivity contribution >= 4 is 88.6 Å². The van der Waals surface area contributed by atoms with Gasteiger partial charge in [0.25, 0.3) is 0 Å². The molecule has 0 bridgehead atoms. The van der Waals surface area contributed by atoms with E-state index in [4.69, 9.17) is 4.42 Å². The van der Waals surface area contributed by atoms with E-state index in [1.165, 1.54) is 32.6 Å². The molecule has 0 aliphatic carbocycles. The Morgan fingerprint density at radius 3 is 1.45 bits per heavy atom. The van der Waals surface area contributed by atoms with Gasteiger partial charge in [-0.15, -0.1) is 0 Å². The van der Waals surface area contributed by atoms with Crippen LogP contribution in [0.25, 0.3) is 71.3 Å². The molecule has 4 heteroatoms. The molecule has 0 spiro atoms. The van der Waals surface area contributed by atoms with Crippen LogP contribution in [0.5, 0.6) is 0 Å². The molecule has 0 aliphatic rings. The quantitative estimate of drug-likeness (QED) is 0.153. The molecule has 0 amide bonds. The first kappa shape index (κ1) is 35.6. The van der Waals surface area contributed by atoms with E-state index < -0.39 is 0 Å². The first-order chi connectivity index (χ1) is 30.7. The molecule has 0 saturated heterocycles. The second-order valence-electron chi connectivity index (χ2n) is 15.8. The molecule has 0 atom stereocenters. The van der Waals surface area contributed by atoms with Crippen LogP contribution in [0.4, 0.5) is 34.1 Å². The molecule has 12 aromatic rings. The Kier molecular flexibility index (Phi) is 8.46. The number of furan rings is 1. The highest BCUT2D eigenvalue weighted by Crippen LogP contribution is 2.43. The molecule has 0 N–H and O–H groups in total. The van der Waals surface area contributed by atoms with Crippen molar-refractivity contribution < 1.29 is 4.42 Å². The normalized spacial score (nSPS) is 11.5. The summed E-state index contributed by atoms with van der Waals surface area (Å²) < 4.78 is 8.73. The summed E-state index contributed by atoms with van der Waals surface area (Å²) in [6.07, 6.45) is 0. The van der Waals surface area contributed by atoms with Crippen LogP contribution in [0.3, 0.4) is 0 Å². The lowest BCUT2D eigenvalue weighted by atomic mass is 10.0. The van der Waals surface area contributed by atoms with Crippen LogP contribution < -0.4 is 9.80 Å². The molecule has 2 heterocycles. The maximum atomic E-state index is 6.31. The number of para-hydroxylation sites is 4. The van der Waals surface area contributed by atoms with Crippen molar-refractivity contribution in [2.24, 2.45) is 0 Å². The van der Waals surface area contributed by atoms with Gasteiger partial charge < -0.3 is 18.8 Å². The first-order valence-electron chi connectivity index (χ1n) is 21.1. The minimum Gasteiger partial charge on any atom is -0.456 e. The van der Waals surface area contributed by atoms with Gasteiger partial charge in [0.1, 0.15) is 11.2 Å². The predicted octanol–water partition coefficient (Wildman–Crippen LogP) is 16.4. The highest BCUT2D eigenvalue weighted by atomic mass is 16.3. The fraction of sp³-hybridized carbons (Fsp3) is 0. The Balaban J connectivity index is 0.917. The standard InChI is InChI=1S/C58H39N3O/c1-4-15-43(16-5-1)59(48-34-37-55-54(38-48)53-35-28-42-14-10-11-21-50(42)58(53)61(55)45-19-8-3-9-20-45)46-29-24-40(25-30-46)41-26-31-47(32-27-41)60(44-17-6-2-7-18-44)49-33-36-52-51-22-12-13-23-56(51)62-57(52)39-49/h1-39H. The van der Waals surface area contributed by atoms with Crippen molar-refractivity contribution in [2.75, 3.05) is 9.80 Å². The van der Waals surface area contributed by atoms with Crippen LogP contribution in [0.15, 0.2) is 241 Å². The van der Waals surface area contributed by atoms with Gasteiger partial charge in [0.05, 0.1) is 11.0 Å². The van der Waals surface area contributed by atoms with E-state index >= 15 is 0 Å². The molecule has 0 saturated carbocycles. The Morgan fingerprint density at radius 1 is 0.306 bits per heavy atom. The maximum absolute atomic E-state index is 6.31. The molecule has 2 aromatic heterocycles. The molecular formula is C58H39N3O. The summed E-state index contributed by atoms with van der Waals surface area (Å²) >= 11 is 0. The van der Waals surface area contributed by atoms with E-state index in [0.717, 1.165) is 72.9 Å². The summed E-state index contributed by atoms with van der Waals surface area (Å²) in [5.74, 6) is 0. The van der Waals surface area contributed by atoms with Gasteiger partial charge in [-0.1, -0.05) is 133 Å². The third kappa shape index (κ3) is 6.00. The maximum Gasteiger partial charge on any atom is 0.137 e. The van der Waals surface area contributed by atoms with Crippen molar-refractivity contribution in [3.63, 3.8) is 0 Å².